The van der Waals surface area contributed by atoms with Crippen LogP contribution in [0.3, 0.4) is 0 Å². The second-order valence-corrected chi connectivity index (χ2v) is 8.80. The van der Waals surface area contributed by atoms with Gasteiger partial charge in [-0.25, -0.2) is 19.4 Å². The van der Waals surface area contributed by atoms with Crippen molar-refractivity contribution in [2.45, 2.75) is 33.1 Å². The quantitative estimate of drug-likeness (QED) is 0.239. The van der Waals surface area contributed by atoms with Gasteiger partial charge in [0.1, 0.15) is 30.3 Å². The zero-order valence-electron chi connectivity index (χ0n) is 22.1. The number of benzene rings is 2. The number of unbranched alkanes of at least 4 members (excludes halogenated alkanes) is 1. The van der Waals surface area contributed by atoms with E-state index in [4.69, 9.17) is 14.6 Å². The summed E-state index contributed by atoms with van der Waals surface area (Å²) >= 11 is 0. The Kier molecular flexibility index (Phi) is 9.20. The lowest BCUT2D eigenvalue weighted by molar-refractivity contribution is -0.119. The summed E-state index contributed by atoms with van der Waals surface area (Å²) in [5, 5.41) is 13.0. The third-order valence-corrected chi connectivity index (χ3v) is 5.59. The Bertz CT molecular complexity index is 1400. The lowest BCUT2D eigenvalue weighted by Gasteiger charge is -2.11. The lowest BCUT2D eigenvalue weighted by Crippen LogP contribution is -2.21. The van der Waals surface area contributed by atoms with Crippen molar-refractivity contribution >= 4 is 29.3 Å². The van der Waals surface area contributed by atoms with Crippen molar-refractivity contribution < 1.29 is 19.1 Å². The summed E-state index contributed by atoms with van der Waals surface area (Å²) in [7, 11) is 1.43. The van der Waals surface area contributed by atoms with Crippen molar-refractivity contribution in [3.8, 4) is 17.3 Å². The maximum Gasteiger partial charge on any atom is 0.324 e. The first kappa shape index (κ1) is 27.3. The number of nitrogens with one attached hydrogen (secondary N) is 3. The van der Waals surface area contributed by atoms with E-state index in [1.165, 1.54) is 19.5 Å². The van der Waals surface area contributed by atoms with Crippen LogP contribution >= 0.6 is 0 Å². The fraction of sp³-hybridized carbons (Fsp3) is 0.250. The second-order valence-electron chi connectivity index (χ2n) is 8.80. The molecule has 2 aromatic heterocycles. The summed E-state index contributed by atoms with van der Waals surface area (Å²) in [4.78, 5) is 32.6. The van der Waals surface area contributed by atoms with Gasteiger partial charge in [0.15, 0.2) is 0 Å². The average Bonchev–Trinajstić information content (AvgIpc) is 3.31. The van der Waals surface area contributed by atoms with Crippen molar-refractivity contribution in [1.29, 1.82) is 0 Å². The number of ether oxygens (including phenoxy) is 2. The maximum absolute atomic E-state index is 12.8. The SMILES string of the molecule is CCCCc1cc(NC(=O)Nc2ccc(Oc3cc(NC(=O)COC)ncn3)cc2)n(-c2ccc(C)cc2)n1. The molecule has 0 unspecified atom stereocenters. The molecule has 4 rings (SSSR count). The van der Waals surface area contributed by atoms with Crippen molar-refractivity contribution in [2.24, 2.45) is 0 Å². The molecule has 0 atom stereocenters. The lowest BCUT2D eigenvalue weighted by atomic mass is 10.2. The minimum Gasteiger partial charge on any atom is -0.439 e. The molecule has 3 amide bonds. The van der Waals surface area contributed by atoms with E-state index in [0.717, 1.165) is 36.2 Å². The number of carbonyl (C=O) groups excluding carboxylic acids is 2. The van der Waals surface area contributed by atoms with E-state index < -0.39 is 6.03 Å². The smallest absolute Gasteiger partial charge is 0.324 e. The van der Waals surface area contributed by atoms with Crippen LogP contribution < -0.4 is 20.7 Å². The molecule has 11 nitrogen and oxygen atoms in total. The Labute approximate surface area is 226 Å². The van der Waals surface area contributed by atoms with Crippen LogP contribution in [0.5, 0.6) is 11.6 Å². The number of rotatable bonds is 11. The number of nitrogens with zero attached hydrogens (tertiary/aromatic N) is 4. The first-order valence-electron chi connectivity index (χ1n) is 12.6. The topological polar surface area (TPSA) is 132 Å². The third-order valence-electron chi connectivity index (χ3n) is 5.59. The molecule has 0 aliphatic rings. The molecule has 4 aromatic rings. The maximum atomic E-state index is 12.8. The van der Waals surface area contributed by atoms with Gasteiger partial charge in [0.05, 0.1) is 11.4 Å². The van der Waals surface area contributed by atoms with Crippen molar-refractivity contribution in [3.05, 3.63) is 78.2 Å². The van der Waals surface area contributed by atoms with Crippen molar-refractivity contribution in [2.75, 3.05) is 29.7 Å². The Morgan fingerprint density at radius 2 is 1.72 bits per heavy atom. The number of hydrogen-bond donors (Lipinski definition) is 3. The van der Waals surface area contributed by atoms with E-state index in [1.807, 2.05) is 37.3 Å². The van der Waals surface area contributed by atoms with E-state index in [1.54, 1.807) is 28.9 Å². The molecule has 0 radical (unpaired) electrons. The third kappa shape index (κ3) is 7.86. The number of methoxy groups -OCH3 is 1. The highest BCUT2D eigenvalue weighted by atomic mass is 16.5. The standard InChI is InChI=1S/C28H31N7O4/c1-4-5-6-21-15-25(35(34-21)22-11-7-19(2)8-12-22)33-28(37)31-20-9-13-23(14-10-20)39-27-16-24(29-18-30-27)32-26(36)17-38-3/h7-16,18H,4-6,17H2,1-3H3,(H2,31,33,37)(H,29,30,32,36). The van der Waals surface area contributed by atoms with Crippen LogP contribution in [-0.2, 0) is 16.0 Å². The summed E-state index contributed by atoms with van der Waals surface area (Å²) in [6, 6.07) is 17.8. The zero-order chi connectivity index (χ0) is 27.6. The Hall–Kier alpha value is -4.77. The van der Waals surface area contributed by atoms with Gasteiger partial charge in [-0.3, -0.25) is 10.1 Å². The van der Waals surface area contributed by atoms with E-state index >= 15 is 0 Å². The van der Waals surface area contributed by atoms with Gasteiger partial charge in [0.25, 0.3) is 5.91 Å². The highest BCUT2D eigenvalue weighted by Gasteiger charge is 2.13. The molecule has 0 bridgehead atoms. The van der Waals surface area contributed by atoms with Crippen LogP contribution in [0.15, 0.2) is 67.0 Å². The summed E-state index contributed by atoms with van der Waals surface area (Å²) in [5.74, 6) is 1.28. The molecule has 0 saturated heterocycles. The van der Waals surface area contributed by atoms with Gasteiger partial charge in [0.2, 0.25) is 5.88 Å². The summed E-state index contributed by atoms with van der Waals surface area (Å²) in [6.07, 6.45) is 4.20. The van der Waals surface area contributed by atoms with Gasteiger partial charge in [-0.2, -0.15) is 5.10 Å². The van der Waals surface area contributed by atoms with E-state index in [9.17, 15) is 9.59 Å². The minimum absolute atomic E-state index is 0.0868. The van der Waals surface area contributed by atoms with Crippen LogP contribution in [0.4, 0.5) is 22.1 Å². The van der Waals surface area contributed by atoms with Crippen LogP contribution in [0, 0.1) is 6.92 Å². The highest BCUT2D eigenvalue weighted by Crippen LogP contribution is 2.23. The molecule has 0 fully saturated rings. The van der Waals surface area contributed by atoms with Gasteiger partial charge in [0, 0.05) is 24.9 Å². The number of carbonyl (C=O) groups is 2. The van der Waals surface area contributed by atoms with Gasteiger partial charge >= 0.3 is 6.03 Å². The fourth-order valence-corrected chi connectivity index (χ4v) is 3.66. The molecule has 0 aliphatic carbocycles. The number of urea groups is 1. The van der Waals surface area contributed by atoms with Crippen LogP contribution in [0.25, 0.3) is 5.69 Å². The molecule has 2 aromatic carbocycles. The predicted octanol–water partition coefficient (Wildman–Crippen LogP) is 5.33. The normalized spacial score (nSPS) is 10.6. The zero-order valence-corrected chi connectivity index (χ0v) is 22.1. The summed E-state index contributed by atoms with van der Waals surface area (Å²) in [5.41, 5.74) is 3.50. The Morgan fingerprint density at radius 1 is 0.949 bits per heavy atom. The molecule has 39 heavy (non-hydrogen) atoms. The molecule has 0 spiro atoms. The number of aromatic nitrogens is 4. The van der Waals surface area contributed by atoms with Crippen molar-refractivity contribution in [3.63, 3.8) is 0 Å². The predicted molar refractivity (Wildman–Crippen MR) is 149 cm³/mol. The first-order chi connectivity index (χ1) is 18.9. The molecular weight excluding hydrogens is 498 g/mol. The van der Waals surface area contributed by atoms with Gasteiger partial charge in [-0.05, 0) is 56.2 Å². The highest BCUT2D eigenvalue weighted by molar-refractivity contribution is 5.99. The molecule has 11 heteroatoms. The molecule has 0 aliphatic heterocycles. The molecule has 3 N–H and O–H groups in total. The first-order valence-corrected chi connectivity index (χ1v) is 12.6. The fourth-order valence-electron chi connectivity index (χ4n) is 3.66. The van der Waals surface area contributed by atoms with Gasteiger partial charge < -0.3 is 20.1 Å². The number of amides is 3. The largest absolute Gasteiger partial charge is 0.439 e. The molecular formula is C28H31N7O4. The number of anilines is 3. The van der Waals surface area contributed by atoms with E-state index in [0.29, 0.717) is 23.1 Å². The second kappa shape index (κ2) is 13.2. The van der Waals surface area contributed by atoms with Gasteiger partial charge in [-0.1, -0.05) is 31.0 Å². The van der Waals surface area contributed by atoms with E-state index in [-0.39, 0.29) is 18.4 Å². The Morgan fingerprint density at radius 3 is 2.44 bits per heavy atom. The van der Waals surface area contributed by atoms with Gasteiger partial charge in [-0.15, -0.1) is 0 Å². The van der Waals surface area contributed by atoms with Crippen LogP contribution in [-0.4, -0.2) is 45.4 Å². The molecule has 202 valence electrons. The van der Waals surface area contributed by atoms with Crippen LogP contribution in [0.1, 0.15) is 31.0 Å². The summed E-state index contributed by atoms with van der Waals surface area (Å²) in [6.45, 7) is 4.07. The monoisotopic (exact) mass is 529 g/mol. The van der Waals surface area contributed by atoms with Crippen molar-refractivity contribution in [1.82, 2.24) is 19.7 Å². The molecule has 2 heterocycles. The Balaban J connectivity index is 1.39. The number of hydrogen-bond acceptors (Lipinski definition) is 7. The number of aryl methyl sites for hydroxylation is 2. The van der Waals surface area contributed by atoms with E-state index in [2.05, 4.69) is 32.8 Å². The summed E-state index contributed by atoms with van der Waals surface area (Å²) < 4.78 is 12.3. The average molecular weight is 530 g/mol. The van der Waals surface area contributed by atoms with Crippen LogP contribution in [0.2, 0.25) is 0 Å². The minimum atomic E-state index is -0.397. The molecule has 0 saturated carbocycles.